The number of rotatable bonds is 0. The molecule has 0 spiro atoms. The van der Waals surface area contributed by atoms with Crippen LogP contribution >= 0.6 is 0 Å². The van der Waals surface area contributed by atoms with E-state index in [1.807, 2.05) is 0 Å². The predicted octanol–water partition coefficient (Wildman–Crippen LogP) is 8.89. The van der Waals surface area contributed by atoms with Crippen LogP contribution in [0.15, 0.2) is 0 Å². The first kappa shape index (κ1) is 43.9. The van der Waals surface area contributed by atoms with Crippen LogP contribution < -0.4 is 0 Å². The Morgan fingerprint density at radius 1 is 0.310 bits per heavy atom. The first-order valence-electron chi connectivity index (χ1n) is 16.9. The van der Waals surface area contributed by atoms with Gasteiger partial charge in [-0.3, -0.25) is 26.6 Å². The molecule has 4 aliphatic rings. The quantitative estimate of drug-likeness (QED) is 0.259. The summed E-state index contributed by atoms with van der Waals surface area (Å²) in [5, 5.41) is 0. The lowest BCUT2D eigenvalue weighted by atomic mass is 10.0. The summed E-state index contributed by atoms with van der Waals surface area (Å²) in [7, 11) is 3.92. The van der Waals surface area contributed by atoms with Gasteiger partial charge in [0.1, 0.15) is 0 Å². The van der Waals surface area contributed by atoms with Gasteiger partial charge >= 0.3 is 0 Å². The van der Waals surface area contributed by atoms with Gasteiger partial charge in [-0.2, -0.15) is 0 Å². The van der Waals surface area contributed by atoms with E-state index in [0.717, 1.165) is 26.2 Å². The highest BCUT2D eigenvalue weighted by Gasteiger charge is 2.25. The molecule has 0 aromatic heterocycles. The smallest absolute Gasteiger partial charge is 0.0126 e. The standard InChI is InChI=1S/C9H19N2.2C9H19N.C8H17N.2CH4/c1-9(2,3)11-7-5-10(4)6-8-11;2*1-9(2,3)10-7-5-4-6-8-10;1-8(2,3)9-6-4-5-7-9;;/h4-8H2,1-3H3;2*4-8H2,1-3H3;4-7H2,1-3H3;2*1H4/q-1;;;;;. The maximum absolute atomic E-state index is 3.92. The van der Waals surface area contributed by atoms with E-state index in [9.17, 15) is 0 Å². The molecule has 4 rings (SSSR count). The van der Waals surface area contributed by atoms with Crippen LogP contribution in [0.25, 0.3) is 0 Å². The fraction of sp³-hybridized carbons (Fsp3) is 0.973. The monoisotopic (exact) mass is 597 g/mol. The summed E-state index contributed by atoms with van der Waals surface area (Å²) in [5.74, 6) is 0. The molecule has 0 bridgehead atoms. The van der Waals surface area contributed by atoms with E-state index >= 15 is 0 Å². The average molecular weight is 597 g/mol. The lowest BCUT2D eigenvalue weighted by Gasteiger charge is -2.43. The predicted molar refractivity (Wildman–Crippen MR) is 193 cm³/mol. The van der Waals surface area contributed by atoms with Crippen LogP contribution in [-0.4, -0.2) is 112 Å². The molecule has 0 aliphatic carbocycles. The van der Waals surface area contributed by atoms with Crippen LogP contribution in [0.1, 0.15) is 149 Å². The molecule has 4 saturated heterocycles. The molecule has 0 saturated carbocycles. The second kappa shape index (κ2) is 20.0. The van der Waals surface area contributed by atoms with Gasteiger partial charge in [-0.1, -0.05) is 27.7 Å². The van der Waals surface area contributed by atoms with Gasteiger partial charge in [0.25, 0.3) is 0 Å². The van der Waals surface area contributed by atoms with Crippen LogP contribution in [0.4, 0.5) is 0 Å². The van der Waals surface area contributed by atoms with E-state index in [0.29, 0.717) is 22.2 Å². The third kappa shape index (κ3) is 18.6. The van der Waals surface area contributed by atoms with Gasteiger partial charge in [-0.25, -0.2) is 0 Å². The number of hydrogen-bond donors (Lipinski definition) is 0. The third-order valence-electron chi connectivity index (χ3n) is 8.99. The zero-order valence-electron chi connectivity index (χ0n) is 29.7. The molecule has 0 amide bonds. The average Bonchev–Trinajstić information content (AvgIpc) is 3.41. The molecular formula is C37H82N5-. The summed E-state index contributed by atoms with van der Waals surface area (Å²) in [6.07, 6.45) is 11.3. The van der Waals surface area contributed by atoms with Gasteiger partial charge in [0.05, 0.1) is 0 Å². The van der Waals surface area contributed by atoms with Gasteiger partial charge in [0.15, 0.2) is 0 Å². The van der Waals surface area contributed by atoms with E-state index in [4.69, 9.17) is 0 Å². The minimum atomic E-state index is 0. The number of nitrogens with zero attached hydrogens (tertiary/aromatic N) is 5. The van der Waals surface area contributed by atoms with E-state index < -0.39 is 0 Å². The highest BCUT2D eigenvalue weighted by molar-refractivity contribution is 4.82. The zero-order valence-corrected chi connectivity index (χ0v) is 29.7. The van der Waals surface area contributed by atoms with E-state index in [-0.39, 0.29) is 14.9 Å². The van der Waals surface area contributed by atoms with Crippen molar-refractivity contribution in [2.45, 2.75) is 171 Å². The molecule has 4 heterocycles. The first-order chi connectivity index (χ1) is 18.3. The Kier molecular flexibility index (Phi) is 21.0. The van der Waals surface area contributed by atoms with Gasteiger partial charge in [-0.15, -0.1) is 0 Å². The molecule has 0 aromatic rings. The highest BCUT2D eigenvalue weighted by Crippen LogP contribution is 2.21. The molecule has 42 heavy (non-hydrogen) atoms. The third-order valence-corrected chi connectivity index (χ3v) is 8.99. The van der Waals surface area contributed by atoms with Crippen LogP contribution in [-0.2, 0) is 0 Å². The minimum absolute atomic E-state index is 0. The summed E-state index contributed by atoms with van der Waals surface area (Å²) >= 11 is 0. The van der Waals surface area contributed by atoms with E-state index in [1.54, 1.807) is 0 Å². The Morgan fingerprint density at radius 2 is 0.500 bits per heavy atom. The summed E-state index contributed by atoms with van der Waals surface area (Å²) in [4.78, 5) is 12.4. The summed E-state index contributed by atoms with van der Waals surface area (Å²) in [5.41, 5.74) is 1.55. The summed E-state index contributed by atoms with van der Waals surface area (Å²) in [6, 6.07) is 0. The lowest BCUT2D eigenvalue weighted by Crippen LogP contribution is -2.51. The second-order valence-electron chi connectivity index (χ2n) is 16.6. The lowest BCUT2D eigenvalue weighted by molar-refractivity contribution is 0.0801. The normalized spacial score (nSPS) is 22.2. The van der Waals surface area contributed by atoms with Gasteiger partial charge in [0, 0.05) is 35.2 Å². The van der Waals surface area contributed by atoms with Crippen LogP contribution in [0.3, 0.4) is 0 Å². The number of hydrogen-bond acceptors (Lipinski definition) is 5. The van der Waals surface area contributed by atoms with Crippen molar-refractivity contribution in [3.05, 3.63) is 7.05 Å². The summed E-state index contributed by atoms with van der Waals surface area (Å²) in [6.45, 7) is 39.9. The maximum atomic E-state index is 3.92. The first-order valence-corrected chi connectivity index (χ1v) is 16.9. The molecule has 5 nitrogen and oxygen atoms in total. The van der Waals surface area contributed by atoms with Gasteiger partial charge < -0.3 is 4.90 Å². The largest absolute Gasteiger partial charge is 0.457 e. The molecule has 0 N–H and O–H groups in total. The SMILES string of the molecule is C.C.CC(C)(C)N1CCCC1.CC(C)(C)N1CCCCC1.CC(C)(C)N1CCCCC1.[CH2-]N1CCN(C(C)(C)C)CC1. The topological polar surface area (TPSA) is 16.2 Å². The van der Waals surface area contributed by atoms with Crippen molar-refractivity contribution < 1.29 is 0 Å². The van der Waals surface area contributed by atoms with Crippen LogP contribution in [0, 0.1) is 7.05 Å². The molecule has 5 heteroatoms. The van der Waals surface area contributed by atoms with Gasteiger partial charge in [0.2, 0.25) is 0 Å². The van der Waals surface area contributed by atoms with Crippen molar-refractivity contribution in [2.75, 3.05) is 65.4 Å². The van der Waals surface area contributed by atoms with Crippen LogP contribution in [0.5, 0.6) is 0 Å². The van der Waals surface area contributed by atoms with E-state index in [1.165, 1.54) is 90.6 Å². The Labute approximate surface area is 268 Å². The highest BCUT2D eigenvalue weighted by atomic mass is 15.3. The zero-order chi connectivity index (χ0) is 30.6. The fourth-order valence-electron chi connectivity index (χ4n) is 5.94. The van der Waals surface area contributed by atoms with Crippen molar-refractivity contribution >= 4 is 0 Å². The maximum Gasteiger partial charge on any atom is 0.0126 e. The molecule has 4 aliphatic heterocycles. The molecular weight excluding hydrogens is 514 g/mol. The Balaban J connectivity index is 0. The summed E-state index contributed by atoms with van der Waals surface area (Å²) < 4.78 is 0. The van der Waals surface area contributed by atoms with Crippen molar-refractivity contribution in [1.82, 2.24) is 24.5 Å². The minimum Gasteiger partial charge on any atom is -0.457 e. The fourth-order valence-corrected chi connectivity index (χ4v) is 5.94. The van der Waals surface area contributed by atoms with Crippen molar-refractivity contribution in [3.63, 3.8) is 0 Å². The Hall–Kier alpha value is -0.200. The Morgan fingerprint density at radius 3 is 0.690 bits per heavy atom. The second-order valence-corrected chi connectivity index (χ2v) is 16.6. The van der Waals surface area contributed by atoms with Crippen LogP contribution in [0.2, 0.25) is 0 Å². The van der Waals surface area contributed by atoms with Gasteiger partial charge in [-0.05, 0) is 174 Å². The molecule has 0 unspecified atom stereocenters. The van der Waals surface area contributed by atoms with Crippen molar-refractivity contribution in [1.29, 1.82) is 0 Å². The molecule has 0 aromatic carbocycles. The Bertz CT molecular complexity index is 595. The molecule has 0 radical (unpaired) electrons. The molecule has 256 valence electrons. The number of piperidine rings is 2. The number of likely N-dealkylation sites (tertiary alicyclic amines) is 3. The molecule has 4 fully saturated rings. The van der Waals surface area contributed by atoms with E-state index in [2.05, 4.69) is 115 Å². The molecule has 0 atom stereocenters. The number of piperazine rings is 1. The van der Waals surface area contributed by atoms with Crippen molar-refractivity contribution in [3.8, 4) is 0 Å². The van der Waals surface area contributed by atoms with Crippen molar-refractivity contribution in [2.24, 2.45) is 0 Å².